The Morgan fingerprint density at radius 1 is 1.53 bits per heavy atom. The summed E-state index contributed by atoms with van der Waals surface area (Å²) in [5.74, 6) is 0. The van der Waals surface area contributed by atoms with Crippen LogP contribution in [0.5, 0.6) is 0 Å². The molecule has 1 saturated carbocycles. The summed E-state index contributed by atoms with van der Waals surface area (Å²) in [6.07, 6.45) is 5.06. The van der Waals surface area contributed by atoms with E-state index in [0.29, 0.717) is 6.04 Å². The van der Waals surface area contributed by atoms with E-state index in [-0.39, 0.29) is 0 Å². The van der Waals surface area contributed by atoms with Crippen LogP contribution in [-0.2, 0) is 5.60 Å². The summed E-state index contributed by atoms with van der Waals surface area (Å²) >= 11 is 5.19. The fourth-order valence-electron chi connectivity index (χ4n) is 2.50. The van der Waals surface area contributed by atoms with Crippen molar-refractivity contribution in [3.8, 4) is 0 Å². The smallest absolute Gasteiger partial charge is 0.1000 e. The third-order valence-electron chi connectivity index (χ3n) is 3.54. The quantitative estimate of drug-likeness (QED) is 0.888. The zero-order valence-corrected chi connectivity index (χ0v) is 12.6. The van der Waals surface area contributed by atoms with Crippen LogP contribution in [-0.4, -0.2) is 17.7 Å². The second-order valence-electron chi connectivity index (χ2n) is 4.86. The topological polar surface area (TPSA) is 32.3 Å². The molecule has 2 N–H and O–H groups in total. The van der Waals surface area contributed by atoms with Gasteiger partial charge >= 0.3 is 0 Å². The molecule has 1 heterocycles. The number of hydrogen-bond donors (Lipinski definition) is 2. The Balaban J connectivity index is 1.96. The lowest BCUT2D eigenvalue weighted by atomic mass is 9.81. The minimum absolute atomic E-state index is 0.592. The molecule has 2 nitrogen and oxygen atoms in total. The molecule has 0 aliphatic heterocycles. The van der Waals surface area contributed by atoms with Crippen molar-refractivity contribution in [2.75, 3.05) is 6.54 Å². The van der Waals surface area contributed by atoms with E-state index in [1.165, 1.54) is 6.42 Å². The van der Waals surface area contributed by atoms with E-state index < -0.39 is 5.60 Å². The number of thiophene rings is 1. The van der Waals surface area contributed by atoms with Crippen molar-refractivity contribution < 1.29 is 5.11 Å². The molecule has 1 fully saturated rings. The first-order valence-electron chi connectivity index (χ1n) is 6.35. The van der Waals surface area contributed by atoms with Gasteiger partial charge in [0.1, 0.15) is 0 Å². The van der Waals surface area contributed by atoms with Crippen LogP contribution in [0.25, 0.3) is 0 Å². The predicted octanol–water partition coefficient (Wildman–Crippen LogP) is 3.64. The normalized spacial score (nSPS) is 29.5. The Kier molecular flexibility index (Phi) is 4.64. The first-order valence-corrected chi connectivity index (χ1v) is 8.02. The Bertz CT molecular complexity index is 358. The van der Waals surface area contributed by atoms with E-state index in [4.69, 9.17) is 0 Å². The number of aliphatic hydroxyl groups is 1. The van der Waals surface area contributed by atoms with Gasteiger partial charge in [0.15, 0.2) is 0 Å². The molecule has 0 bridgehead atoms. The van der Waals surface area contributed by atoms with Crippen LogP contribution < -0.4 is 5.32 Å². The molecule has 0 aromatic carbocycles. The number of rotatable bonds is 4. The average molecular weight is 318 g/mol. The summed E-state index contributed by atoms with van der Waals surface area (Å²) < 4.78 is 1.06. The van der Waals surface area contributed by atoms with Crippen molar-refractivity contribution >= 4 is 27.3 Å². The minimum atomic E-state index is -0.600. The lowest BCUT2D eigenvalue weighted by Gasteiger charge is -2.36. The van der Waals surface area contributed by atoms with Gasteiger partial charge in [-0.1, -0.05) is 6.92 Å². The Morgan fingerprint density at radius 2 is 2.24 bits per heavy atom. The van der Waals surface area contributed by atoms with Crippen LogP contribution in [0.15, 0.2) is 15.9 Å². The van der Waals surface area contributed by atoms with E-state index in [0.717, 1.165) is 41.6 Å². The molecule has 96 valence electrons. The van der Waals surface area contributed by atoms with Gasteiger partial charge in [0, 0.05) is 10.5 Å². The molecule has 0 atom stereocenters. The minimum Gasteiger partial charge on any atom is -0.384 e. The van der Waals surface area contributed by atoms with E-state index in [1.807, 2.05) is 11.4 Å². The molecule has 1 aromatic heterocycles. The molecular formula is C13H20BrNOS. The van der Waals surface area contributed by atoms with Gasteiger partial charge < -0.3 is 10.4 Å². The molecule has 2 rings (SSSR count). The average Bonchev–Trinajstić information content (AvgIpc) is 2.76. The lowest BCUT2D eigenvalue weighted by Crippen LogP contribution is -2.39. The molecule has 17 heavy (non-hydrogen) atoms. The van der Waals surface area contributed by atoms with Crippen LogP contribution in [0.4, 0.5) is 0 Å². The maximum Gasteiger partial charge on any atom is 0.1000 e. The molecule has 0 spiro atoms. The van der Waals surface area contributed by atoms with Gasteiger partial charge in [0.2, 0.25) is 0 Å². The van der Waals surface area contributed by atoms with Crippen molar-refractivity contribution in [2.45, 2.75) is 50.7 Å². The third-order valence-corrected chi connectivity index (χ3v) is 5.57. The summed E-state index contributed by atoms with van der Waals surface area (Å²) in [6, 6.07) is 2.62. The number of hydrogen-bond acceptors (Lipinski definition) is 3. The summed E-state index contributed by atoms with van der Waals surface area (Å²) in [5, 5.41) is 16.3. The Labute approximate surface area is 116 Å². The second kappa shape index (κ2) is 5.83. The highest BCUT2D eigenvalue weighted by Crippen LogP contribution is 2.42. The van der Waals surface area contributed by atoms with E-state index in [2.05, 4.69) is 28.2 Å². The van der Waals surface area contributed by atoms with Crippen LogP contribution in [0.1, 0.15) is 43.9 Å². The zero-order valence-electron chi connectivity index (χ0n) is 10.2. The summed E-state index contributed by atoms with van der Waals surface area (Å²) in [6.45, 7) is 3.28. The Morgan fingerprint density at radius 3 is 2.76 bits per heavy atom. The van der Waals surface area contributed by atoms with Gasteiger partial charge in [-0.25, -0.2) is 0 Å². The summed E-state index contributed by atoms with van der Waals surface area (Å²) in [7, 11) is 0. The van der Waals surface area contributed by atoms with Crippen molar-refractivity contribution in [1.29, 1.82) is 0 Å². The molecule has 0 unspecified atom stereocenters. The van der Waals surface area contributed by atoms with Crippen LogP contribution in [0.3, 0.4) is 0 Å². The van der Waals surface area contributed by atoms with Crippen molar-refractivity contribution in [2.24, 2.45) is 0 Å². The van der Waals surface area contributed by atoms with E-state index in [9.17, 15) is 5.11 Å². The van der Waals surface area contributed by atoms with Crippen molar-refractivity contribution in [3.63, 3.8) is 0 Å². The number of nitrogens with one attached hydrogen (secondary N) is 1. The van der Waals surface area contributed by atoms with Crippen LogP contribution >= 0.6 is 27.3 Å². The summed E-state index contributed by atoms with van der Waals surface area (Å²) in [5.41, 5.74) is -0.600. The first-order chi connectivity index (χ1) is 8.15. The van der Waals surface area contributed by atoms with Gasteiger partial charge in [0.05, 0.1) is 10.5 Å². The highest BCUT2D eigenvalue weighted by atomic mass is 79.9. The molecule has 1 aliphatic rings. The monoisotopic (exact) mass is 317 g/mol. The lowest BCUT2D eigenvalue weighted by molar-refractivity contribution is -0.00552. The second-order valence-corrected chi connectivity index (χ2v) is 6.63. The van der Waals surface area contributed by atoms with Crippen LogP contribution in [0.2, 0.25) is 0 Å². The van der Waals surface area contributed by atoms with Gasteiger partial charge in [-0.15, -0.1) is 11.3 Å². The first kappa shape index (κ1) is 13.5. The molecule has 1 aromatic rings. The fourth-order valence-corrected chi connectivity index (χ4v) is 4.40. The summed E-state index contributed by atoms with van der Waals surface area (Å²) in [4.78, 5) is 1.10. The van der Waals surface area contributed by atoms with Crippen molar-refractivity contribution in [1.82, 2.24) is 5.32 Å². The molecule has 1 aliphatic carbocycles. The number of halogens is 1. The van der Waals surface area contributed by atoms with Gasteiger partial charge in [-0.3, -0.25) is 0 Å². The SMILES string of the molecule is CCCNC1CCC(O)(c2sccc2Br)CC1. The van der Waals surface area contributed by atoms with Gasteiger partial charge in [0.25, 0.3) is 0 Å². The zero-order chi connectivity index (χ0) is 12.3. The molecule has 0 radical (unpaired) electrons. The largest absolute Gasteiger partial charge is 0.384 e. The highest BCUT2D eigenvalue weighted by molar-refractivity contribution is 9.10. The Hall–Kier alpha value is 0.100. The van der Waals surface area contributed by atoms with E-state index >= 15 is 0 Å². The molecular weight excluding hydrogens is 298 g/mol. The van der Waals surface area contributed by atoms with Crippen molar-refractivity contribution in [3.05, 3.63) is 20.8 Å². The highest BCUT2D eigenvalue weighted by Gasteiger charge is 2.36. The van der Waals surface area contributed by atoms with E-state index in [1.54, 1.807) is 11.3 Å². The van der Waals surface area contributed by atoms with Gasteiger partial charge in [-0.2, -0.15) is 0 Å². The fraction of sp³-hybridized carbons (Fsp3) is 0.692. The maximum absolute atomic E-state index is 10.7. The van der Waals surface area contributed by atoms with Crippen LogP contribution in [0, 0.1) is 0 Å². The molecule has 4 heteroatoms. The third kappa shape index (κ3) is 3.11. The molecule has 0 amide bonds. The predicted molar refractivity (Wildman–Crippen MR) is 76.5 cm³/mol. The standard InChI is InChI=1S/C13H20BrNOS/c1-2-8-15-10-3-6-13(16,7-4-10)12-11(14)5-9-17-12/h5,9-10,15-16H,2-4,6-8H2,1H3. The molecule has 0 saturated heterocycles. The maximum atomic E-state index is 10.7. The van der Waals surface area contributed by atoms with Gasteiger partial charge in [-0.05, 0) is 66.0 Å².